The number of fused-ring (bicyclic) bond motifs is 1. The van der Waals surface area contributed by atoms with Crippen LogP contribution in [0, 0.1) is 6.92 Å². The van der Waals surface area contributed by atoms with E-state index in [2.05, 4.69) is 46.9 Å². The number of hydrogen-bond acceptors (Lipinski definition) is 2. The number of amides is 1. The van der Waals surface area contributed by atoms with Gasteiger partial charge in [-0.15, -0.1) is 0 Å². The fourth-order valence-electron chi connectivity index (χ4n) is 3.18. The van der Waals surface area contributed by atoms with E-state index in [0.717, 1.165) is 35.3 Å². The summed E-state index contributed by atoms with van der Waals surface area (Å²) in [5.74, 6) is -0.0348. The molecule has 0 fully saturated rings. The minimum Gasteiger partial charge on any atom is -0.347 e. The van der Waals surface area contributed by atoms with Gasteiger partial charge in [0.2, 0.25) is 0 Å². The fourth-order valence-corrected chi connectivity index (χ4v) is 3.18. The maximum Gasteiger partial charge on any atom is 0.268 e. The minimum atomic E-state index is -0.0348. The lowest BCUT2D eigenvalue weighted by molar-refractivity contribution is 0.0941. The first-order chi connectivity index (χ1) is 11.7. The van der Waals surface area contributed by atoms with E-state index in [9.17, 15) is 4.79 Å². The lowest BCUT2D eigenvalue weighted by Gasteiger charge is -2.10. The van der Waals surface area contributed by atoms with Crippen LogP contribution in [0.15, 0.2) is 42.7 Å². The van der Waals surface area contributed by atoms with Crippen LogP contribution in [-0.2, 0) is 19.5 Å². The Balaban J connectivity index is 1.95. The summed E-state index contributed by atoms with van der Waals surface area (Å²) in [7, 11) is 0. The molecule has 2 aromatic heterocycles. The summed E-state index contributed by atoms with van der Waals surface area (Å²) < 4.78 is 2.10. The van der Waals surface area contributed by atoms with Gasteiger partial charge in [0.15, 0.2) is 0 Å². The first kappa shape index (κ1) is 16.2. The molecule has 124 valence electrons. The number of benzene rings is 1. The molecule has 0 aliphatic heterocycles. The van der Waals surface area contributed by atoms with Crippen molar-refractivity contribution in [3.63, 3.8) is 0 Å². The van der Waals surface area contributed by atoms with Crippen molar-refractivity contribution in [3.8, 4) is 0 Å². The largest absolute Gasteiger partial charge is 0.347 e. The lowest BCUT2D eigenvalue weighted by Crippen LogP contribution is -2.26. The molecular formula is C20H23N3O. The van der Waals surface area contributed by atoms with Gasteiger partial charge in [-0.05, 0) is 55.2 Å². The summed E-state index contributed by atoms with van der Waals surface area (Å²) in [6.07, 6.45) is 4.50. The smallest absolute Gasteiger partial charge is 0.268 e. The highest BCUT2D eigenvalue weighted by atomic mass is 16.1. The molecule has 0 saturated heterocycles. The van der Waals surface area contributed by atoms with E-state index < -0.39 is 0 Å². The van der Waals surface area contributed by atoms with Crippen LogP contribution in [0.3, 0.4) is 0 Å². The average molecular weight is 321 g/mol. The third kappa shape index (κ3) is 2.92. The van der Waals surface area contributed by atoms with Crippen molar-refractivity contribution in [1.29, 1.82) is 0 Å². The van der Waals surface area contributed by atoms with Gasteiger partial charge in [-0.1, -0.05) is 19.1 Å². The average Bonchev–Trinajstić information content (AvgIpc) is 2.92. The number of rotatable bonds is 5. The normalized spacial score (nSPS) is 11.0. The number of nitrogens with one attached hydrogen (secondary N) is 1. The highest BCUT2D eigenvalue weighted by molar-refractivity contribution is 6.01. The third-order valence-corrected chi connectivity index (χ3v) is 4.50. The van der Waals surface area contributed by atoms with Crippen molar-refractivity contribution >= 4 is 16.8 Å². The van der Waals surface area contributed by atoms with Gasteiger partial charge in [0.05, 0.1) is 0 Å². The van der Waals surface area contributed by atoms with E-state index in [4.69, 9.17) is 0 Å². The van der Waals surface area contributed by atoms with Crippen LogP contribution >= 0.6 is 0 Å². The number of nitrogens with zero attached hydrogens (tertiary/aromatic N) is 2. The van der Waals surface area contributed by atoms with Gasteiger partial charge in [-0.3, -0.25) is 9.78 Å². The van der Waals surface area contributed by atoms with Crippen molar-refractivity contribution in [2.24, 2.45) is 0 Å². The number of carbonyl (C=O) groups is 1. The Labute approximate surface area is 142 Å². The van der Waals surface area contributed by atoms with Crippen LogP contribution in [0.2, 0.25) is 0 Å². The molecule has 0 radical (unpaired) electrons. The van der Waals surface area contributed by atoms with Crippen molar-refractivity contribution in [2.75, 3.05) is 0 Å². The van der Waals surface area contributed by atoms with Crippen molar-refractivity contribution in [1.82, 2.24) is 14.9 Å². The van der Waals surface area contributed by atoms with Gasteiger partial charge >= 0.3 is 0 Å². The molecule has 4 nitrogen and oxygen atoms in total. The molecule has 0 aliphatic rings. The van der Waals surface area contributed by atoms with E-state index >= 15 is 0 Å². The molecule has 24 heavy (non-hydrogen) atoms. The molecule has 0 unspecified atom stereocenters. The number of carbonyl (C=O) groups excluding carboxylic acids is 1. The Morgan fingerprint density at radius 3 is 2.71 bits per heavy atom. The topological polar surface area (TPSA) is 46.9 Å². The Bertz CT molecular complexity index is 865. The number of pyridine rings is 1. The van der Waals surface area contributed by atoms with E-state index in [-0.39, 0.29) is 5.91 Å². The fraction of sp³-hybridized carbons (Fsp3) is 0.300. The minimum absolute atomic E-state index is 0.0348. The highest BCUT2D eigenvalue weighted by Crippen LogP contribution is 2.27. The van der Waals surface area contributed by atoms with Gasteiger partial charge in [0.1, 0.15) is 5.69 Å². The summed E-state index contributed by atoms with van der Waals surface area (Å²) in [6.45, 7) is 7.51. The monoisotopic (exact) mass is 321 g/mol. The number of aryl methyl sites for hydroxylation is 3. The zero-order chi connectivity index (χ0) is 17.1. The van der Waals surface area contributed by atoms with Crippen molar-refractivity contribution in [3.05, 3.63) is 65.1 Å². The Hall–Kier alpha value is -2.62. The Kier molecular flexibility index (Phi) is 4.65. The van der Waals surface area contributed by atoms with E-state index in [0.29, 0.717) is 6.54 Å². The molecule has 4 heteroatoms. The van der Waals surface area contributed by atoms with Gasteiger partial charge in [-0.2, -0.15) is 0 Å². The maximum atomic E-state index is 12.8. The summed E-state index contributed by atoms with van der Waals surface area (Å²) >= 11 is 0. The second kappa shape index (κ2) is 6.87. The molecule has 0 spiro atoms. The molecule has 3 rings (SSSR count). The lowest BCUT2D eigenvalue weighted by atomic mass is 10.1. The zero-order valence-electron chi connectivity index (χ0n) is 14.5. The molecule has 0 atom stereocenters. The van der Waals surface area contributed by atoms with Crippen LogP contribution in [0.25, 0.3) is 10.9 Å². The van der Waals surface area contributed by atoms with Crippen molar-refractivity contribution < 1.29 is 4.79 Å². The quantitative estimate of drug-likeness (QED) is 0.776. The third-order valence-electron chi connectivity index (χ3n) is 4.50. The Morgan fingerprint density at radius 1 is 1.21 bits per heavy atom. The van der Waals surface area contributed by atoms with Crippen LogP contribution in [-0.4, -0.2) is 15.5 Å². The van der Waals surface area contributed by atoms with Crippen LogP contribution in [0.5, 0.6) is 0 Å². The molecule has 1 N–H and O–H groups in total. The van der Waals surface area contributed by atoms with Crippen LogP contribution < -0.4 is 5.32 Å². The van der Waals surface area contributed by atoms with Gasteiger partial charge in [-0.25, -0.2) is 0 Å². The summed E-state index contributed by atoms with van der Waals surface area (Å²) in [4.78, 5) is 16.9. The van der Waals surface area contributed by atoms with Crippen molar-refractivity contribution in [2.45, 2.75) is 40.3 Å². The standard InChI is InChI=1S/C20H23N3O/c1-4-15-8-9-18-17(11-15)14(3)19(23(18)5-2)20(24)22-13-16-7-6-10-21-12-16/h6-12H,4-5,13H2,1-3H3,(H,22,24). The van der Waals surface area contributed by atoms with Gasteiger partial charge < -0.3 is 9.88 Å². The summed E-state index contributed by atoms with van der Waals surface area (Å²) in [5.41, 5.74) is 5.21. The van der Waals surface area contributed by atoms with Crippen LogP contribution in [0.1, 0.15) is 41.0 Å². The van der Waals surface area contributed by atoms with E-state index in [1.807, 2.05) is 19.1 Å². The molecule has 0 aliphatic carbocycles. The molecule has 1 amide bonds. The number of aromatic nitrogens is 2. The highest BCUT2D eigenvalue weighted by Gasteiger charge is 2.19. The molecular weight excluding hydrogens is 298 g/mol. The molecule has 0 saturated carbocycles. The van der Waals surface area contributed by atoms with Gasteiger partial charge in [0, 0.05) is 36.4 Å². The molecule has 2 heterocycles. The maximum absolute atomic E-state index is 12.8. The first-order valence-corrected chi connectivity index (χ1v) is 8.44. The molecule has 3 aromatic rings. The van der Waals surface area contributed by atoms with E-state index in [1.165, 1.54) is 10.9 Å². The Morgan fingerprint density at radius 2 is 2.04 bits per heavy atom. The number of hydrogen-bond donors (Lipinski definition) is 1. The SMILES string of the molecule is CCc1ccc2c(c1)c(C)c(C(=O)NCc1cccnc1)n2CC. The summed E-state index contributed by atoms with van der Waals surface area (Å²) in [6, 6.07) is 10.3. The first-order valence-electron chi connectivity index (χ1n) is 8.44. The second-order valence-corrected chi connectivity index (χ2v) is 5.97. The zero-order valence-corrected chi connectivity index (χ0v) is 14.5. The predicted molar refractivity (Wildman–Crippen MR) is 97.1 cm³/mol. The van der Waals surface area contributed by atoms with E-state index in [1.54, 1.807) is 12.4 Å². The van der Waals surface area contributed by atoms with Crippen LogP contribution in [0.4, 0.5) is 0 Å². The summed E-state index contributed by atoms with van der Waals surface area (Å²) in [5, 5.41) is 4.19. The second-order valence-electron chi connectivity index (χ2n) is 5.97. The molecule has 0 bridgehead atoms. The predicted octanol–water partition coefficient (Wildman–Crippen LogP) is 3.86. The molecule has 1 aromatic carbocycles. The van der Waals surface area contributed by atoms with Gasteiger partial charge in [0.25, 0.3) is 5.91 Å².